The van der Waals surface area contributed by atoms with Crippen molar-refractivity contribution in [2.24, 2.45) is 0 Å². The molecule has 3 aliphatic heterocycles. The Morgan fingerprint density at radius 1 is 0.956 bits per heavy atom. The Balaban J connectivity index is 0.955. The molecule has 3 aliphatic rings. The topological polar surface area (TPSA) is 123 Å². The van der Waals surface area contributed by atoms with E-state index in [1.807, 2.05) is 23.1 Å². The van der Waals surface area contributed by atoms with Crippen LogP contribution in [0, 0.1) is 34.3 Å². The maximum absolute atomic E-state index is 14.4. The van der Waals surface area contributed by atoms with Crippen LogP contribution in [-0.4, -0.2) is 76.1 Å². The molecule has 0 bridgehead atoms. The normalized spacial score (nSPS) is 18.1. The van der Waals surface area contributed by atoms with Crippen molar-refractivity contribution in [1.29, 1.82) is 10.5 Å². The van der Waals surface area contributed by atoms with Gasteiger partial charge in [0.2, 0.25) is 5.88 Å². The quantitative estimate of drug-likeness (QED) is 0.385. The highest BCUT2D eigenvalue weighted by atomic mass is 19.1. The van der Waals surface area contributed by atoms with Crippen molar-refractivity contribution in [1.82, 2.24) is 19.7 Å². The number of rotatable bonds is 7. The van der Waals surface area contributed by atoms with E-state index >= 15 is 0 Å². The molecule has 0 saturated carbocycles. The van der Waals surface area contributed by atoms with Crippen molar-refractivity contribution in [2.75, 3.05) is 32.7 Å². The van der Waals surface area contributed by atoms with E-state index in [-0.39, 0.29) is 29.7 Å². The molecular formula is C33H30F2N6O4. The van der Waals surface area contributed by atoms with E-state index in [4.69, 9.17) is 20.0 Å². The van der Waals surface area contributed by atoms with E-state index in [0.29, 0.717) is 75.5 Å². The number of nitriles is 2. The molecule has 0 aliphatic carbocycles. The lowest BCUT2D eigenvalue weighted by Gasteiger charge is -2.46. The molecule has 1 spiro atoms. The summed E-state index contributed by atoms with van der Waals surface area (Å²) in [4.78, 5) is 35.2. The lowest BCUT2D eigenvalue weighted by atomic mass is 9.86. The summed E-state index contributed by atoms with van der Waals surface area (Å²) in [6.07, 6.45) is 2.66. The van der Waals surface area contributed by atoms with Crippen molar-refractivity contribution in [3.8, 4) is 18.0 Å². The fourth-order valence-corrected chi connectivity index (χ4v) is 5.91. The molecule has 12 heteroatoms. The van der Waals surface area contributed by atoms with Gasteiger partial charge in [-0.1, -0.05) is 12.1 Å². The summed E-state index contributed by atoms with van der Waals surface area (Å²) in [7, 11) is 0. The second-order valence-electron chi connectivity index (χ2n) is 11.7. The van der Waals surface area contributed by atoms with Crippen molar-refractivity contribution < 1.29 is 27.8 Å². The second kappa shape index (κ2) is 12.5. The molecule has 10 nitrogen and oxygen atoms in total. The largest absolute Gasteiger partial charge is 0.471 e. The molecule has 4 heterocycles. The van der Waals surface area contributed by atoms with Gasteiger partial charge in [0.05, 0.1) is 30.3 Å². The van der Waals surface area contributed by atoms with Crippen LogP contribution in [0.4, 0.5) is 13.6 Å². The van der Waals surface area contributed by atoms with Crippen LogP contribution in [0.15, 0.2) is 54.7 Å². The maximum atomic E-state index is 14.4. The molecule has 3 saturated heterocycles. The number of amides is 2. The molecule has 1 aromatic heterocycles. The summed E-state index contributed by atoms with van der Waals surface area (Å²) in [5.74, 6) is -1.16. The average molecular weight is 613 g/mol. The number of ether oxygens (including phenoxy) is 2. The van der Waals surface area contributed by atoms with Crippen LogP contribution < -0.4 is 4.74 Å². The minimum atomic E-state index is -0.735. The Bertz CT molecular complexity index is 1650. The van der Waals surface area contributed by atoms with Crippen molar-refractivity contribution >= 4 is 12.0 Å². The number of benzene rings is 2. The fraction of sp³-hybridized carbons (Fsp3) is 0.364. The third-order valence-corrected chi connectivity index (χ3v) is 8.68. The number of halogens is 2. The number of aromatic nitrogens is 1. The third-order valence-electron chi connectivity index (χ3n) is 8.68. The molecular weight excluding hydrogens is 582 g/mol. The molecule has 230 valence electrons. The van der Waals surface area contributed by atoms with Crippen molar-refractivity contribution in [3.63, 3.8) is 0 Å². The smallest absolute Gasteiger partial charge is 0.410 e. The first-order chi connectivity index (χ1) is 21.7. The minimum Gasteiger partial charge on any atom is -0.471 e. The average Bonchev–Trinajstić information content (AvgIpc) is 3.03. The molecule has 0 unspecified atom stereocenters. The molecule has 3 aromatic rings. The Kier molecular flexibility index (Phi) is 8.33. The van der Waals surface area contributed by atoms with E-state index in [0.717, 1.165) is 17.7 Å². The summed E-state index contributed by atoms with van der Waals surface area (Å²) in [5, 5.41) is 17.8. The Labute approximate surface area is 259 Å². The van der Waals surface area contributed by atoms with E-state index in [9.17, 15) is 18.4 Å². The van der Waals surface area contributed by atoms with Gasteiger partial charge >= 0.3 is 6.09 Å². The van der Waals surface area contributed by atoms with E-state index in [1.54, 1.807) is 40.1 Å². The second-order valence-corrected chi connectivity index (χ2v) is 11.7. The number of likely N-dealkylation sites (tertiary alicyclic amines) is 2. The highest BCUT2D eigenvalue weighted by molar-refractivity contribution is 5.94. The molecule has 0 atom stereocenters. The van der Waals surface area contributed by atoms with E-state index in [1.165, 1.54) is 6.20 Å². The van der Waals surface area contributed by atoms with E-state index in [2.05, 4.69) is 4.98 Å². The van der Waals surface area contributed by atoms with Crippen LogP contribution in [0.3, 0.4) is 0 Å². The molecule has 6 rings (SSSR count). The van der Waals surface area contributed by atoms with Gasteiger partial charge in [0.15, 0.2) is 0 Å². The molecule has 3 fully saturated rings. The maximum Gasteiger partial charge on any atom is 0.410 e. The van der Waals surface area contributed by atoms with Gasteiger partial charge < -0.3 is 19.3 Å². The Morgan fingerprint density at radius 2 is 1.62 bits per heavy atom. The highest BCUT2D eigenvalue weighted by Crippen LogP contribution is 2.35. The summed E-state index contributed by atoms with van der Waals surface area (Å²) in [6, 6.07) is 16.3. The summed E-state index contributed by atoms with van der Waals surface area (Å²) in [6.45, 7) is 2.87. The third kappa shape index (κ3) is 6.56. The first kappa shape index (κ1) is 30.0. The molecule has 0 radical (unpaired) electrons. The number of piperidine rings is 1. The zero-order chi connectivity index (χ0) is 31.6. The first-order valence-corrected chi connectivity index (χ1v) is 14.7. The van der Waals surface area contributed by atoms with Gasteiger partial charge in [0, 0.05) is 75.4 Å². The first-order valence-electron chi connectivity index (χ1n) is 14.7. The van der Waals surface area contributed by atoms with Crippen molar-refractivity contribution in [3.05, 3.63) is 94.2 Å². The monoisotopic (exact) mass is 612 g/mol. The van der Waals surface area contributed by atoms with Gasteiger partial charge in [-0.2, -0.15) is 10.5 Å². The minimum absolute atomic E-state index is 0.0547. The van der Waals surface area contributed by atoms with E-state index < -0.39 is 23.3 Å². The van der Waals surface area contributed by atoms with Gasteiger partial charge in [-0.25, -0.2) is 18.6 Å². The summed E-state index contributed by atoms with van der Waals surface area (Å²) < 4.78 is 40.4. The van der Waals surface area contributed by atoms with Crippen LogP contribution in [0.1, 0.15) is 51.9 Å². The SMILES string of the molecule is N#Cc1ccc(OC2CN(C(=O)c3ccc(CN4CCC5(CCN(Cc6c(F)cc(C#N)cc6F)CC5)OC4=O)cc3)C2)nc1. The van der Waals surface area contributed by atoms with Crippen LogP contribution in [-0.2, 0) is 17.8 Å². The predicted molar refractivity (Wildman–Crippen MR) is 156 cm³/mol. The zero-order valence-corrected chi connectivity index (χ0v) is 24.4. The standard InChI is InChI=1S/C33H30F2N6O4/c34-28-13-24(16-37)14-29(35)27(28)21-39-10-7-33(8-11-39)9-12-40(32(43)45-33)18-22-1-4-25(5-2-22)31(42)41-19-26(20-41)44-30-6-3-23(15-36)17-38-30/h1-6,13-14,17,26H,7-12,18-21H2. The van der Waals surface area contributed by atoms with Crippen LogP contribution in [0.2, 0.25) is 0 Å². The van der Waals surface area contributed by atoms with Crippen LogP contribution in [0.5, 0.6) is 5.88 Å². The summed E-state index contributed by atoms with van der Waals surface area (Å²) in [5.41, 5.74) is 1.15. The van der Waals surface area contributed by atoms with Gasteiger partial charge in [0.1, 0.15) is 29.4 Å². The lowest BCUT2D eigenvalue weighted by molar-refractivity contribution is -0.0833. The van der Waals surface area contributed by atoms with Crippen LogP contribution >= 0.6 is 0 Å². The van der Waals surface area contributed by atoms with Gasteiger partial charge in [0.25, 0.3) is 5.91 Å². The van der Waals surface area contributed by atoms with Crippen molar-refractivity contribution in [2.45, 2.75) is 44.1 Å². The van der Waals surface area contributed by atoms with Gasteiger partial charge in [-0.05, 0) is 35.9 Å². The lowest BCUT2D eigenvalue weighted by Crippen LogP contribution is -2.56. The fourth-order valence-electron chi connectivity index (χ4n) is 5.91. The molecule has 45 heavy (non-hydrogen) atoms. The Morgan fingerprint density at radius 3 is 2.22 bits per heavy atom. The van der Waals surface area contributed by atoms with Gasteiger partial charge in [-0.3, -0.25) is 9.69 Å². The highest BCUT2D eigenvalue weighted by Gasteiger charge is 2.43. The number of nitrogens with zero attached hydrogens (tertiary/aromatic N) is 6. The van der Waals surface area contributed by atoms with Gasteiger partial charge in [-0.15, -0.1) is 0 Å². The number of carbonyl (C=O) groups excluding carboxylic acids is 2. The predicted octanol–water partition coefficient (Wildman–Crippen LogP) is 4.38. The number of hydrogen-bond donors (Lipinski definition) is 0. The summed E-state index contributed by atoms with van der Waals surface area (Å²) >= 11 is 0. The number of hydrogen-bond acceptors (Lipinski definition) is 8. The number of carbonyl (C=O) groups is 2. The zero-order valence-electron chi connectivity index (χ0n) is 24.4. The Hall–Kier alpha value is -5.07. The number of pyridine rings is 1. The molecule has 2 aromatic carbocycles. The molecule has 2 amide bonds. The molecule has 0 N–H and O–H groups in total. The van der Waals surface area contributed by atoms with Crippen LogP contribution in [0.25, 0.3) is 0 Å².